The van der Waals surface area contributed by atoms with Crippen LogP contribution in [0, 0.1) is 0 Å². The predicted molar refractivity (Wildman–Crippen MR) is 68.9 cm³/mol. The highest BCUT2D eigenvalue weighted by molar-refractivity contribution is 7.13. The monoisotopic (exact) mass is 252 g/mol. The van der Waals surface area contributed by atoms with Crippen LogP contribution in [0.15, 0.2) is 29.9 Å². The minimum atomic E-state index is 0. The highest BCUT2D eigenvalue weighted by Crippen LogP contribution is 2.28. The standard InChI is InChI=1S/C10H8N4S.ClH/c11-10-14-8(5-15-10)7-4-13-9-6(7)2-1-3-12-9;/h1-5H,(H2,11,14)(H,12,13);1H. The Bertz CT molecular complexity index is 616. The van der Waals surface area contributed by atoms with Crippen molar-refractivity contribution >= 4 is 39.9 Å². The molecule has 3 N–H and O–H groups in total. The van der Waals surface area contributed by atoms with Crippen LogP contribution in [0.25, 0.3) is 22.3 Å². The van der Waals surface area contributed by atoms with Gasteiger partial charge in [-0.05, 0) is 12.1 Å². The van der Waals surface area contributed by atoms with Crippen LogP contribution in [0.3, 0.4) is 0 Å². The second-order valence-corrected chi connectivity index (χ2v) is 4.06. The van der Waals surface area contributed by atoms with Gasteiger partial charge in [0.25, 0.3) is 0 Å². The van der Waals surface area contributed by atoms with Crippen molar-refractivity contribution in [2.75, 3.05) is 5.73 Å². The van der Waals surface area contributed by atoms with Crippen molar-refractivity contribution in [2.24, 2.45) is 0 Å². The van der Waals surface area contributed by atoms with Gasteiger partial charge >= 0.3 is 0 Å². The number of anilines is 1. The smallest absolute Gasteiger partial charge is 0.180 e. The first-order valence-electron chi connectivity index (χ1n) is 4.48. The van der Waals surface area contributed by atoms with Gasteiger partial charge in [0, 0.05) is 28.7 Å². The second-order valence-electron chi connectivity index (χ2n) is 3.17. The van der Waals surface area contributed by atoms with Crippen LogP contribution in [0.2, 0.25) is 0 Å². The van der Waals surface area contributed by atoms with Crippen molar-refractivity contribution < 1.29 is 0 Å². The first kappa shape index (κ1) is 10.9. The Labute approximate surface area is 102 Å². The lowest BCUT2D eigenvalue weighted by molar-refractivity contribution is 1.32. The average Bonchev–Trinajstić information content (AvgIpc) is 2.83. The van der Waals surface area contributed by atoms with E-state index in [9.17, 15) is 0 Å². The van der Waals surface area contributed by atoms with Crippen molar-refractivity contribution in [1.82, 2.24) is 15.0 Å². The lowest BCUT2D eigenvalue weighted by Crippen LogP contribution is -1.82. The number of nitrogens with one attached hydrogen (secondary N) is 1. The minimum Gasteiger partial charge on any atom is -0.375 e. The molecule has 3 aromatic heterocycles. The Morgan fingerprint density at radius 1 is 1.38 bits per heavy atom. The molecular weight excluding hydrogens is 244 g/mol. The zero-order chi connectivity index (χ0) is 10.3. The normalized spacial score (nSPS) is 10.2. The highest BCUT2D eigenvalue weighted by atomic mass is 35.5. The van der Waals surface area contributed by atoms with Gasteiger partial charge in [-0.15, -0.1) is 23.7 Å². The molecule has 0 saturated carbocycles. The lowest BCUT2D eigenvalue weighted by Gasteiger charge is -1.92. The molecule has 6 heteroatoms. The molecule has 0 aliphatic carbocycles. The van der Waals surface area contributed by atoms with Gasteiger partial charge in [0.1, 0.15) is 5.65 Å². The first-order chi connectivity index (χ1) is 7.34. The van der Waals surface area contributed by atoms with Crippen LogP contribution in [-0.2, 0) is 0 Å². The number of pyridine rings is 1. The van der Waals surface area contributed by atoms with Crippen molar-refractivity contribution in [2.45, 2.75) is 0 Å². The van der Waals surface area contributed by atoms with E-state index in [1.165, 1.54) is 11.3 Å². The summed E-state index contributed by atoms with van der Waals surface area (Å²) in [5.41, 5.74) is 8.43. The molecule has 16 heavy (non-hydrogen) atoms. The Kier molecular flexibility index (Phi) is 2.80. The SMILES string of the molecule is Cl.Nc1nc(-c2c[nH]c3ncccc23)cs1. The summed E-state index contributed by atoms with van der Waals surface area (Å²) in [5.74, 6) is 0. The fourth-order valence-corrected chi connectivity index (χ4v) is 2.14. The molecule has 0 bridgehead atoms. The van der Waals surface area contributed by atoms with Crippen LogP contribution in [-0.4, -0.2) is 15.0 Å². The van der Waals surface area contributed by atoms with Crippen molar-refractivity contribution in [3.63, 3.8) is 0 Å². The molecule has 4 nitrogen and oxygen atoms in total. The zero-order valence-electron chi connectivity index (χ0n) is 8.18. The van der Waals surface area contributed by atoms with Crippen LogP contribution in [0.1, 0.15) is 0 Å². The molecule has 0 unspecified atom stereocenters. The largest absolute Gasteiger partial charge is 0.375 e. The number of thiazole rings is 1. The number of H-pyrrole nitrogens is 1. The number of rotatable bonds is 1. The molecule has 0 aliphatic heterocycles. The van der Waals surface area contributed by atoms with E-state index >= 15 is 0 Å². The zero-order valence-corrected chi connectivity index (χ0v) is 9.81. The Morgan fingerprint density at radius 3 is 3.00 bits per heavy atom. The second kappa shape index (κ2) is 4.11. The van der Waals surface area contributed by atoms with E-state index < -0.39 is 0 Å². The van der Waals surface area contributed by atoms with Crippen molar-refractivity contribution in [3.8, 4) is 11.3 Å². The first-order valence-corrected chi connectivity index (χ1v) is 5.36. The summed E-state index contributed by atoms with van der Waals surface area (Å²) in [6.07, 6.45) is 3.67. The van der Waals surface area contributed by atoms with Gasteiger partial charge in [0.15, 0.2) is 5.13 Å². The van der Waals surface area contributed by atoms with Gasteiger partial charge in [-0.3, -0.25) is 0 Å². The van der Waals surface area contributed by atoms with E-state index in [1.807, 2.05) is 23.7 Å². The molecule has 0 aromatic carbocycles. The molecule has 0 radical (unpaired) electrons. The van der Waals surface area contributed by atoms with E-state index in [0.29, 0.717) is 5.13 Å². The third-order valence-electron chi connectivity index (χ3n) is 2.25. The lowest BCUT2D eigenvalue weighted by atomic mass is 10.2. The fourth-order valence-electron chi connectivity index (χ4n) is 1.58. The third-order valence-corrected chi connectivity index (χ3v) is 2.92. The molecule has 3 rings (SSSR count). The van der Waals surface area contributed by atoms with Crippen molar-refractivity contribution in [1.29, 1.82) is 0 Å². The number of aromatic amines is 1. The van der Waals surface area contributed by atoms with Crippen LogP contribution in [0.5, 0.6) is 0 Å². The summed E-state index contributed by atoms with van der Waals surface area (Å²) >= 11 is 1.44. The summed E-state index contributed by atoms with van der Waals surface area (Å²) in [6.45, 7) is 0. The van der Waals surface area contributed by atoms with E-state index in [0.717, 1.165) is 22.3 Å². The molecule has 82 valence electrons. The van der Waals surface area contributed by atoms with E-state index in [1.54, 1.807) is 6.20 Å². The number of halogens is 1. The number of nitrogens with two attached hydrogens (primary N) is 1. The van der Waals surface area contributed by atoms with Crippen LogP contribution < -0.4 is 5.73 Å². The number of fused-ring (bicyclic) bond motifs is 1. The topological polar surface area (TPSA) is 67.6 Å². The van der Waals surface area contributed by atoms with Crippen LogP contribution in [0.4, 0.5) is 5.13 Å². The summed E-state index contributed by atoms with van der Waals surface area (Å²) in [4.78, 5) is 11.6. The number of hydrogen-bond acceptors (Lipinski definition) is 4. The molecule has 0 saturated heterocycles. The Hall–Kier alpha value is -1.59. The molecule has 0 fully saturated rings. The summed E-state index contributed by atoms with van der Waals surface area (Å²) in [5, 5.41) is 3.61. The maximum atomic E-state index is 5.61. The Balaban J connectivity index is 0.000000963. The molecule has 0 amide bonds. The third kappa shape index (κ3) is 1.64. The van der Waals surface area contributed by atoms with Gasteiger partial charge in [-0.25, -0.2) is 9.97 Å². The number of nitrogen functional groups attached to an aromatic ring is 1. The maximum Gasteiger partial charge on any atom is 0.180 e. The number of nitrogens with zero attached hydrogens (tertiary/aromatic N) is 2. The maximum absolute atomic E-state index is 5.61. The van der Waals surface area contributed by atoms with Gasteiger partial charge in [-0.1, -0.05) is 0 Å². The van der Waals surface area contributed by atoms with Gasteiger partial charge in [-0.2, -0.15) is 0 Å². The Morgan fingerprint density at radius 2 is 2.25 bits per heavy atom. The molecule has 0 atom stereocenters. The summed E-state index contributed by atoms with van der Waals surface area (Å²) < 4.78 is 0. The van der Waals surface area contributed by atoms with Gasteiger partial charge in [0.2, 0.25) is 0 Å². The van der Waals surface area contributed by atoms with Crippen LogP contribution >= 0.6 is 23.7 Å². The molecular formula is C10H9ClN4S. The van der Waals surface area contributed by atoms with Crippen molar-refractivity contribution in [3.05, 3.63) is 29.9 Å². The van der Waals surface area contributed by atoms with E-state index in [4.69, 9.17) is 5.73 Å². The molecule has 3 aromatic rings. The molecule has 0 spiro atoms. The summed E-state index contributed by atoms with van der Waals surface area (Å²) in [6, 6.07) is 3.93. The van der Waals surface area contributed by atoms with Gasteiger partial charge < -0.3 is 10.7 Å². The highest BCUT2D eigenvalue weighted by Gasteiger charge is 2.08. The number of hydrogen-bond donors (Lipinski definition) is 2. The number of aromatic nitrogens is 3. The minimum absolute atomic E-state index is 0. The molecule has 0 aliphatic rings. The fraction of sp³-hybridized carbons (Fsp3) is 0. The van der Waals surface area contributed by atoms with Gasteiger partial charge in [0.05, 0.1) is 5.69 Å². The average molecular weight is 253 g/mol. The van der Waals surface area contributed by atoms with E-state index in [-0.39, 0.29) is 12.4 Å². The quantitative estimate of drug-likeness (QED) is 0.700. The summed E-state index contributed by atoms with van der Waals surface area (Å²) in [7, 11) is 0. The predicted octanol–water partition coefficient (Wildman–Crippen LogP) is 2.69. The van der Waals surface area contributed by atoms with E-state index in [2.05, 4.69) is 15.0 Å². The molecule has 3 heterocycles.